The summed E-state index contributed by atoms with van der Waals surface area (Å²) in [6.07, 6.45) is 6.49. The zero-order valence-electron chi connectivity index (χ0n) is 12.2. The molecule has 0 bridgehead atoms. The van der Waals surface area contributed by atoms with Crippen molar-refractivity contribution in [2.75, 3.05) is 6.61 Å². The highest BCUT2D eigenvalue weighted by atomic mass is 19.1. The van der Waals surface area contributed by atoms with Crippen LogP contribution >= 0.6 is 0 Å². The highest BCUT2D eigenvalue weighted by Crippen LogP contribution is 2.32. The molecule has 112 valence electrons. The minimum atomic E-state index is -0.484. The average Bonchev–Trinajstić information content (AvgIpc) is 2.47. The van der Waals surface area contributed by atoms with Gasteiger partial charge in [0.05, 0.1) is 12.2 Å². The zero-order chi connectivity index (χ0) is 15.4. The van der Waals surface area contributed by atoms with Crippen molar-refractivity contribution < 1.29 is 13.9 Å². The Hall–Kier alpha value is -2.17. The van der Waals surface area contributed by atoms with E-state index in [0.29, 0.717) is 29.9 Å². The van der Waals surface area contributed by atoms with E-state index in [1.807, 2.05) is 13.0 Å². The molecule has 0 aromatic carbocycles. The predicted octanol–water partition coefficient (Wildman–Crippen LogP) is 2.74. The molecule has 1 aromatic heterocycles. The number of nitrogens with zero attached hydrogens (tertiary/aromatic N) is 1. The lowest BCUT2D eigenvalue weighted by Crippen LogP contribution is -2.20. The molecule has 2 N–H and O–H groups in total. The van der Waals surface area contributed by atoms with Crippen molar-refractivity contribution >= 4 is 5.91 Å². The van der Waals surface area contributed by atoms with Gasteiger partial charge in [-0.05, 0) is 37.5 Å². The van der Waals surface area contributed by atoms with Gasteiger partial charge in [-0.3, -0.25) is 4.79 Å². The maximum absolute atomic E-state index is 13.2. The van der Waals surface area contributed by atoms with Crippen molar-refractivity contribution in [1.29, 1.82) is 0 Å². The van der Waals surface area contributed by atoms with Crippen LogP contribution in [0.5, 0.6) is 0 Å². The standard InChI is InChI=1S/C16H19FN2O2/c1-3-6-21-14-5-4-11(8-13(14)16(18)20)12-7-10(2)15(17)19-9-12/h4-5,7,9,11H,3,6,8H2,1-2H3,(H2,18,20). The minimum Gasteiger partial charge on any atom is -0.493 e. The summed E-state index contributed by atoms with van der Waals surface area (Å²) in [7, 11) is 0. The van der Waals surface area contributed by atoms with E-state index in [-0.39, 0.29) is 5.92 Å². The van der Waals surface area contributed by atoms with Gasteiger partial charge in [-0.25, -0.2) is 4.98 Å². The van der Waals surface area contributed by atoms with Crippen LogP contribution in [-0.4, -0.2) is 17.5 Å². The average molecular weight is 290 g/mol. The lowest BCUT2D eigenvalue weighted by molar-refractivity contribution is -0.115. The molecule has 21 heavy (non-hydrogen) atoms. The van der Waals surface area contributed by atoms with Gasteiger partial charge in [0.15, 0.2) is 0 Å². The number of carbonyl (C=O) groups excluding carboxylic acids is 1. The Morgan fingerprint density at radius 2 is 2.33 bits per heavy atom. The number of rotatable bonds is 5. The van der Waals surface area contributed by atoms with Crippen LogP contribution in [0.15, 0.2) is 35.7 Å². The number of pyridine rings is 1. The van der Waals surface area contributed by atoms with Crippen LogP contribution in [0.25, 0.3) is 0 Å². The fourth-order valence-electron chi connectivity index (χ4n) is 2.27. The van der Waals surface area contributed by atoms with Crippen molar-refractivity contribution in [3.63, 3.8) is 0 Å². The van der Waals surface area contributed by atoms with Gasteiger partial charge < -0.3 is 10.5 Å². The maximum atomic E-state index is 13.2. The zero-order valence-corrected chi connectivity index (χ0v) is 12.2. The first kappa shape index (κ1) is 15.2. The van der Waals surface area contributed by atoms with E-state index in [4.69, 9.17) is 10.5 Å². The number of aryl methyl sites for hydroxylation is 1. The predicted molar refractivity (Wildman–Crippen MR) is 77.9 cm³/mol. The van der Waals surface area contributed by atoms with E-state index in [0.717, 1.165) is 12.0 Å². The molecule has 1 aliphatic carbocycles. The third-order valence-corrected chi connectivity index (χ3v) is 3.42. The number of nitrogens with two attached hydrogens (primary N) is 1. The van der Waals surface area contributed by atoms with Crippen molar-refractivity contribution in [2.24, 2.45) is 5.73 Å². The Bertz CT molecular complexity index is 608. The molecule has 0 saturated carbocycles. The number of aromatic nitrogens is 1. The molecule has 1 aromatic rings. The normalized spacial score (nSPS) is 18.0. The maximum Gasteiger partial charge on any atom is 0.248 e. The van der Waals surface area contributed by atoms with Gasteiger partial charge in [-0.15, -0.1) is 0 Å². The number of primary amides is 1. The number of ether oxygens (including phenoxy) is 1. The summed E-state index contributed by atoms with van der Waals surface area (Å²) in [5.41, 5.74) is 7.25. The topological polar surface area (TPSA) is 65.2 Å². The molecule has 1 amide bonds. The molecule has 0 spiro atoms. The molecule has 4 nitrogen and oxygen atoms in total. The first-order valence-electron chi connectivity index (χ1n) is 6.99. The third kappa shape index (κ3) is 3.48. The molecule has 2 rings (SSSR count). The van der Waals surface area contributed by atoms with Gasteiger partial charge >= 0.3 is 0 Å². The Balaban J connectivity index is 2.24. The lowest BCUT2D eigenvalue weighted by atomic mass is 9.87. The fourth-order valence-corrected chi connectivity index (χ4v) is 2.27. The molecule has 0 saturated heterocycles. The summed E-state index contributed by atoms with van der Waals surface area (Å²) < 4.78 is 18.8. The molecule has 0 fully saturated rings. The monoisotopic (exact) mass is 290 g/mol. The van der Waals surface area contributed by atoms with Gasteiger partial charge in [0, 0.05) is 17.7 Å². The van der Waals surface area contributed by atoms with Crippen LogP contribution in [0, 0.1) is 12.9 Å². The van der Waals surface area contributed by atoms with E-state index in [1.165, 1.54) is 6.20 Å². The van der Waals surface area contributed by atoms with Crippen molar-refractivity contribution in [2.45, 2.75) is 32.6 Å². The summed E-state index contributed by atoms with van der Waals surface area (Å²) in [6.45, 7) is 4.20. The SMILES string of the molecule is CCCOC1=C(C(N)=O)CC(c2cnc(F)c(C)c2)C=C1. The Kier molecular flexibility index (Phi) is 4.73. The summed E-state index contributed by atoms with van der Waals surface area (Å²) in [6, 6.07) is 1.74. The molecular weight excluding hydrogens is 271 g/mol. The van der Waals surface area contributed by atoms with E-state index in [2.05, 4.69) is 4.98 Å². The van der Waals surface area contributed by atoms with E-state index < -0.39 is 11.9 Å². The number of allylic oxidation sites excluding steroid dienone is 2. The summed E-state index contributed by atoms with van der Waals surface area (Å²) in [5, 5.41) is 0. The fraction of sp³-hybridized carbons (Fsp3) is 0.375. The molecule has 0 aliphatic heterocycles. The van der Waals surface area contributed by atoms with Crippen LogP contribution in [0.2, 0.25) is 0 Å². The van der Waals surface area contributed by atoms with E-state index in [1.54, 1.807) is 19.1 Å². The van der Waals surface area contributed by atoms with Crippen LogP contribution in [0.1, 0.15) is 36.8 Å². The summed E-state index contributed by atoms with van der Waals surface area (Å²) in [4.78, 5) is 15.3. The van der Waals surface area contributed by atoms with Crippen LogP contribution in [-0.2, 0) is 9.53 Å². The highest BCUT2D eigenvalue weighted by Gasteiger charge is 2.23. The molecule has 0 radical (unpaired) electrons. The minimum absolute atomic E-state index is 0.0479. The van der Waals surface area contributed by atoms with Gasteiger partial charge in [0.1, 0.15) is 5.76 Å². The van der Waals surface area contributed by atoms with Gasteiger partial charge in [-0.1, -0.05) is 13.0 Å². The van der Waals surface area contributed by atoms with E-state index >= 15 is 0 Å². The molecule has 1 aliphatic rings. The summed E-state index contributed by atoms with van der Waals surface area (Å²) in [5.74, 6) is -0.473. The quantitative estimate of drug-likeness (QED) is 0.848. The van der Waals surface area contributed by atoms with Gasteiger partial charge in [0.25, 0.3) is 0 Å². The largest absolute Gasteiger partial charge is 0.493 e. The smallest absolute Gasteiger partial charge is 0.248 e. The first-order chi connectivity index (χ1) is 10.0. The second-order valence-corrected chi connectivity index (χ2v) is 5.10. The Morgan fingerprint density at radius 3 is 2.95 bits per heavy atom. The number of halogens is 1. The molecular formula is C16H19FN2O2. The third-order valence-electron chi connectivity index (χ3n) is 3.42. The Labute approximate surface area is 123 Å². The molecule has 1 atom stereocenters. The second-order valence-electron chi connectivity index (χ2n) is 5.10. The van der Waals surface area contributed by atoms with Gasteiger partial charge in [-0.2, -0.15) is 4.39 Å². The Morgan fingerprint density at radius 1 is 1.57 bits per heavy atom. The number of hydrogen-bond acceptors (Lipinski definition) is 3. The van der Waals surface area contributed by atoms with Crippen LogP contribution in [0.3, 0.4) is 0 Å². The number of carbonyl (C=O) groups is 1. The van der Waals surface area contributed by atoms with Crippen LogP contribution < -0.4 is 5.73 Å². The lowest BCUT2D eigenvalue weighted by Gasteiger charge is -2.21. The number of amides is 1. The second kappa shape index (κ2) is 6.52. The van der Waals surface area contributed by atoms with Crippen molar-refractivity contribution in [3.05, 3.63) is 52.8 Å². The number of hydrogen-bond donors (Lipinski definition) is 1. The van der Waals surface area contributed by atoms with Crippen molar-refractivity contribution in [1.82, 2.24) is 4.98 Å². The van der Waals surface area contributed by atoms with E-state index in [9.17, 15) is 9.18 Å². The van der Waals surface area contributed by atoms with Crippen LogP contribution in [0.4, 0.5) is 4.39 Å². The van der Waals surface area contributed by atoms with Crippen molar-refractivity contribution in [3.8, 4) is 0 Å². The molecule has 5 heteroatoms. The first-order valence-corrected chi connectivity index (χ1v) is 6.99. The summed E-state index contributed by atoms with van der Waals surface area (Å²) >= 11 is 0. The van der Waals surface area contributed by atoms with Gasteiger partial charge in [0.2, 0.25) is 11.9 Å². The highest BCUT2D eigenvalue weighted by molar-refractivity contribution is 5.93. The molecule has 1 unspecified atom stereocenters. The molecule has 1 heterocycles.